The molecule has 0 bridgehead atoms. The van der Waals surface area contributed by atoms with E-state index in [0.717, 1.165) is 12.0 Å². The summed E-state index contributed by atoms with van der Waals surface area (Å²) in [5.41, 5.74) is 6.56. The van der Waals surface area contributed by atoms with Crippen LogP contribution in [0.15, 0.2) is 24.3 Å². The van der Waals surface area contributed by atoms with Crippen molar-refractivity contribution < 1.29 is 9.90 Å². The summed E-state index contributed by atoms with van der Waals surface area (Å²) < 4.78 is 0. The molecule has 0 aliphatic carbocycles. The number of carbonyl (C=O) groups is 1. The standard InChI is InChI=1S/C13H18ClNO2/c1-13(9-15,8-4-7-12(16)17)10-5-2-3-6-11(10)14/h2-3,5-6H,4,7-9,15H2,1H3,(H,16,17). The lowest BCUT2D eigenvalue weighted by atomic mass is 9.78. The number of rotatable bonds is 6. The highest BCUT2D eigenvalue weighted by Gasteiger charge is 2.26. The summed E-state index contributed by atoms with van der Waals surface area (Å²) in [5, 5.41) is 9.34. The molecule has 1 rings (SSSR count). The van der Waals surface area contributed by atoms with Crippen molar-refractivity contribution in [1.82, 2.24) is 0 Å². The number of hydrogen-bond donors (Lipinski definition) is 2. The second-order valence-corrected chi connectivity index (χ2v) is 4.90. The number of halogens is 1. The van der Waals surface area contributed by atoms with Gasteiger partial charge in [0.25, 0.3) is 0 Å². The number of carboxylic acids is 1. The first-order valence-corrected chi connectivity index (χ1v) is 6.04. The van der Waals surface area contributed by atoms with Gasteiger partial charge in [-0.3, -0.25) is 4.79 Å². The molecule has 1 atom stereocenters. The minimum Gasteiger partial charge on any atom is -0.481 e. The fourth-order valence-corrected chi connectivity index (χ4v) is 2.29. The third-order valence-electron chi connectivity index (χ3n) is 3.09. The molecule has 0 saturated carbocycles. The van der Waals surface area contributed by atoms with Crippen LogP contribution in [0.4, 0.5) is 0 Å². The van der Waals surface area contributed by atoms with Crippen molar-refractivity contribution >= 4 is 17.6 Å². The molecule has 3 nitrogen and oxygen atoms in total. The summed E-state index contributed by atoms with van der Waals surface area (Å²) in [4.78, 5) is 10.5. The first kappa shape index (κ1) is 14.0. The van der Waals surface area contributed by atoms with Crippen LogP contribution in [-0.2, 0) is 10.2 Å². The maximum atomic E-state index is 10.5. The van der Waals surface area contributed by atoms with Gasteiger partial charge in [0.2, 0.25) is 0 Å². The fourth-order valence-electron chi connectivity index (χ4n) is 1.93. The Morgan fingerprint density at radius 2 is 2.12 bits per heavy atom. The van der Waals surface area contributed by atoms with Crippen LogP contribution in [0.5, 0.6) is 0 Å². The first-order chi connectivity index (χ1) is 7.99. The summed E-state index contributed by atoms with van der Waals surface area (Å²) in [6, 6.07) is 7.59. The smallest absolute Gasteiger partial charge is 0.303 e. The largest absolute Gasteiger partial charge is 0.481 e. The zero-order valence-electron chi connectivity index (χ0n) is 9.95. The number of nitrogens with two attached hydrogens (primary N) is 1. The lowest BCUT2D eigenvalue weighted by molar-refractivity contribution is -0.137. The molecule has 4 heteroatoms. The Kier molecular flexibility index (Phi) is 4.97. The number of benzene rings is 1. The molecular weight excluding hydrogens is 238 g/mol. The summed E-state index contributed by atoms with van der Waals surface area (Å²) in [6.07, 6.45) is 1.49. The first-order valence-electron chi connectivity index (χ1n) is 5.66. The van der Waals surface area contributed by atoms with Gasteiger partial charge >= 0.3 is 5.97 Å². The predicted octanol–water partition coefficient (Wildman–Crippen LogP) is 2.81. The summed E-state index contributed by atoms with van der Waals surface area (Å²) in [6.45, 7) is 2.48. The molecule has 0 heterocycles. The van der Waals surface area contributed by atoms with Gasteiger partial charge in [-0.05, 0) is 24.5 Å². The van der Waals surface area contributed by atoms with Crippen LogP contribution in [0.2, 0.25) is 5.02 Å². The van der Waals surface area contributed by atoms with Gasteiger partial charge in [-0.1, -0.05) is 36.7 Å². The van der Waals surface area contributed by atoms with E-state index in [9.17, 15) is 4.79 Å². The molecule has 0 fully saturated rings. The van der Waals surface area contributed by atoms with Crippen LogP contribution in [0, 0.1) is 0 Å². The van der Waals surface area contributed by atoms with E-state index < -0.39 is 5.97 Å². The van der Waals surface area contributed by atoms with Crippen molar-refractivity contribution in [2.45, 2.75) is 31.6 Å². The highest BCUT2D eigenvalue weighted by molar-refractivity contribution is 6.31. The number of aliphatic carboxylic acids is 1. The Hall–Kier alpha value is -1.06. The zero-order valence-corrected chi connectivity index (χ0v) is 10.7. The molecule has 0 saturated heterocycles. The van der Waals surface area contributed by atoms with Crippen molar-refractivity contribution in [1.29, 1.82) is 0 Å². The lowest BCUT2D eigenvalue weighted by Gasteiger charge is -2.29. The van der Waals surface area contributed by atoms with Crippen molar-refractivity contribution in [3.05, 3.63) is 34.9 Å². The highest BCUT2D eigenvalue weighted by Crippen LogP contribution is 2.33. The average Bonchev–Trinajstić information content (AvgIpc) is 2.29. The Bertz CT molecular complexity index is 395. The van der Waals surface area contributed by atoms with Crippen LogP contribution in [-0.4, -0.2) is 17.6 Å². The minimum atomic E-state index is -0.775. The molecule has 94 valence electrons. The minimum absolute atomic E-state index is 0.167. The Morgan fingerprint density at radius 1 is 1.47 bits per heavy atom. The highest BCUT2D eigenvalue weighted by atomic mass is 35.5. The number of hydrogen-bond acceptors (Lipinski definition) is 2. The molecule has 0 radical (unpaired) electrons. The van der Waals surface area contributed by atoms with E-state index in [0.29, 0.717) is 18.0 Å². The molecule has 0 spiro atoms. The van der Waals surface area contributed by atoms with Crippen LogP contribution in [0.25, 0.3) is 0 Å². The third-order valence-corrected chi connectivity index (χ3v) is 3.42. The van der Waals surface area contributed by atoms with E-state index in [-0.39, 0.29) is 11.8 Å². The third kappa shape index (κ3) is 3.72. The Morgan fingerprint density at radius 3 is 2.65 bits per heavy atom. The Balaban J connectivity index is 2.81. The molecule has 0 aromatic heterocycles. The van der Waals surface area contributed by atoms with E-state index in [2.05, 4.69) is 0 Å². The molecule has 1 aromatic rings. The molecule has 17 heavy (non-hydrogen) atoms. The normalized spacial score (nSPS) is 14.3. The quantitative estimate of drug-likeness (QED) is 0.822. The van der Waals surface area contributed by atoms with Crippen LogP contribution >= 0.6 is 11.6 Å². The van der Waals surface area contributed by atoms with E-state index in [1.54, 1.807) is 0 Å². The molecule has 0 amide bonds. The predicted molar refractivity (Wildman–Crippen MR) is 69.3 cm³/mol. The SMILES string of the molecule is CC(CN)(CCCC(=O)O)c1ccccc1Cl. The van der Waals surface area contributed by atoms with Gasteiger partial charge in [0.15, 0.2) is 0 Å². The van der Waals surface area contributed by atoms with Crippen molar-refractivity contribution in [2.24, 2.45) is 5.73 Å². The number of carboxylic acid groups (broad SMARTS) is 1. The molecule has 0 aliphatic heterocycles. The zero-order chi connectivity index (χ0) is 12.9. The van der Waals surface area contributed by atoms with Gasteiger partial charge in [0.05, 0.1) is 0 Å². The molecule has 0 aliphatic rings. The van der Waals surface area contributed by atoms with E-state index >= 15 is 0 Å². The van der Waals surface area contributed by atoms with Crippen LogP contribution in [0.1, 0.15) is 31.7 Å². The van der Waals surface area contributed by atoms with Crippen molar-refractivity contribution in [2.75, 3.05) is 6.54 Å². The lowest BCUT2D eigenvalue weighted by Crippen LogP contribution is -2.32. The van der Waals surface area contributed by atoms with E-state index in [4.69, 9.17) is 22.4 Å². The van der Waals surface area contributed by atoms with Gasteiger partial charge in [-0.25, -0.2) is 0 Å². The second kappa shape index (κ2) is 6.03. The van der Waals surface area contributed by atoms with Crippen molar-refractivity contribution in [3.63, 3.8) is 0 Å². The summed E-state index contributed by atoms with van der Waals surface area (Å²) >= 11 is 6.16. The molecule has 1 aromatic carbocycles. The maximum absolute atomic E-state index is 10.5. The van der Waals surface area contributed by atoms with Gasteiger partial charge < -0.3 is 10.8 Å². The van der Waals surface area contributed by atoms with Gasteiger partial charge in [-0.2, -0.15) is 0 Å². The van der Waals surface area contributed by atoms with Gasteiger partial charge in [0.1, 0.15) is 0 Å². The Labute approximate surface area is 107 Å². The van der Waals surface area contributed by atoms with Crippen LogP contribution < -0.4 is 5.73 Å². The van der Waals surface area contributed by atoms with Gasteiger partial charge in [0, 0.05) is 23.4 Å². The topological polar surface area (TPSA) is 63.3 Å². The van der Waals surface area contributed by atoms with Crippen molar-refractivity contribution in [3.8, 4) is 0 Å². The molecule has 3 N–H and O–H groups in total. The van der Waals surface area contributed by atoms with E-state index in [1.807, 2.05) is 31.2 Å². The maximum Gasteiger partial charge on any atom is 0.303 e. The molecular formula is C13H18ClNO2. The monoisotopic (exact) mass is 255 g/mol. The summed E-state index contributed by atoms with van der Waals surface area (Å²) in [5.74, 6) is -0.775. The van der Waals surface area contributed by atoms with Crippen LogP contribution in [0.3, 0.4) is 0 Å². The second-order valence-electron chi connectivity index (χ2n) is 4.49. The average molecular weight is 256 g/mol. The van der Waals surface area contributed by atoms with E-state index in [1.165, 1.54) is 0 Å². The van der Waals surface area contributed by atoms with Gasteiger partial charge in [-0.15, -0.1) is 0 Å². The summed E-state index contributed by atoms with van der Waals surface area (Å²) in [7, 11) is 0. The molecule has 1 unspecified atom stereocenters. The fraction of sp³-hybridized carbons (Fsp3) is 0.462.